The molecule has 1 heterocycles. The normalized spacial score (nSPS) is 20.2. The second kappa shape index (κ2) is 6.36. The summed E-state index contributed by atoms with van der Waals surface area (Å²) in [5.74, 6) is 0.731. The average molecular weight is 284 g/mol. The van der Waals surface area contributed by atoms with Gasteiger partial charge in [0.05, 0.1) is 7.11 Å². The maximum Gasteiger partial charge on any atom is 0.244 e. The molecule has 1 aliphatic heterocycles. The Bertz CT molecular complexity index is 510. The number of benzene rings is 1. The van der Waals surface area contributed by atoms with Crippen molar-refractivity contribution in [1.29, 1.82) is 0 Å². The predicted molar refractivity (Wildman–Crippen MR) is 73.8 cm³/mol. The molecule has 1 unspecified atom stereocenters. The molecular formula is C13H20N2O3S. The lowest BCUT2D eigenvalue weighted by Crippen LogP contribution is -2.38. The summed E-state index contributed by atoms with van der Waals surface area (Å²) in [6, 6.07) is 6.65. The van der Waals surface area contributed by atoms with Crippen molar-refractivity contribution in [1.82, 2.24) is 10.0 Å². The first-order chi connectivity index (χ1) is 9.13. The molecule has 19 heavy (non-hydrogen) atoms. The van der Waals surface area contributed by atoms with Crippen molar-refractivity contribution in [3.63, 3.8) is 0 Å². The van der Waals surface area contributed by atoms with E-state index < -0.39 is 10.0 Å². The second-order valence-corrected chi connectivity index (χ2v) is 6.45. The summed E-state index contributed by atoms with van der Waals surface area (Å²) < 4.78 is 32.2. The molecule has 1 aromatic carbocycles. The Morgan fingerprint density at radius 2 is 2.21 bits per heavy atom. The van der Waals surface area contributed by atoms with Gasteiger partial charge >= 0.3 is 0 Å². The number of ether oxygens (including phenoxy) is 1. The van der Waals surface area contributed by atoms with Crippen LogP contribution in [0.5, 0.6) is 5.75 Å². The molecule has 5 nitrogen and oxygen atoms in total. The van der Waals surface area contributed by atoms with Gasteiger partial charge < -0.3 is 10.1 Å². The van der Waals surface area contributed by atoms with Gasteiger partial charge in [0.2, 0.25) is 10.0 Å². The van der Waals surface area contributed by atoms with Gasteiger partial charge in [0.25, 0.3) is 0 Å². The van der Waals surface area contributed by atoms with E-state index in [1.807, 2.05) is 0 Å². The minimum atomic E-state index is -3.51. The number of piperidine rings is 1. The van der Waals surface area contributed by atoms with Crippen LogP contribution < -0.4 is 14.8 Å². The Morgan fingerprint density at radius 1 is 1.42 bits per heavy atom. The van der Waals surface area contributed by atoms with E-state index in [0.29, 0.717) is 18.2 Å². The van der Waals surface area contributed by atoms with Gasteiger partial charge in [-0.3, -0.25) is 0 Å². The number of nitrogens with one attached hydrogen (secondary N) is 2. The summed E-state index contributed by atoms with van der Waals surface area (Å²) in [5.41, 5.74) is 0. The maximum atomic E-state index is 12.2. The summed E-state index contributed by atoms with van der Waals surface area (Å²) in [6.45, 7) is 2.36. The van der Waals surface area contributed by atoms with E-state index >= 15 is 0 Å². The quantitative estimate of drug-likeness (QED) is 0.845. The highest BCUT2D eigenvalue weighted by Crippen LogP contribution is 2.22. The molecule has 0 bridgehead atoms. The molecule has 0 radical (unpaired) electrons. The van der Waals surface area contributed by atoms with Gasteiger partial charge in [0, 0.05) is 6.54 Å². The molecular weight excluding hydrogens is 264 g/mol. The van der Waals surface area contributed by atoms with E-state index in [2.05, 4.69) is 10.0 Å². The molecule has 1 aliphatic rings. The van der Waals surface area contributed by atoms with E-state index in [0.717, 1.165) is 25.9 Å². The fourth-order valence-corrected chi connectivity index (χ4v) is 3.53. The summed E-state index contributed by atoms with van der Waals surface area (Å²) in [6.07, 6.45) is 2.16. The molecule has 2 rings (SSSR count). The van der Waals surface area contributed by atoms with Crippen LogP contribution in [0.15, 0.2) is 29.2 Å². The fraction of sp³-hybridized carbons (Fsp3) is 0.538. The number of sulfonamides is 1. The van der Waals surface area contributed by atoms with Gasteiger partial charge in [-0.15, -0.1) is 0 Å². The van der Waals surface area contributed by atoms with Crippen LogP contribution in [0.1, 0.15) is 12.8 Å². The van der Waals surface area contributed by atoms with E-state index in [1.54, 1.807) is 24.3 Å². The van der Waals surface area contributed by atoms with Crippen molar-refractivity contribution >= 4 is 10.0 Å². The Hall–Kier alpha value is -1.11. The smallest absolute Gasteiger partial charge is 0.244 e. The van der Waals surface area contributed by atoms with Crippen molar-refractivity contribution in [2.75, 3.05) is 26.7 Å². The molecule has 0 aliphatic carbocycles. The molecule has 2 N–H and O–H groups in total. The fourth-order valence-electron chi connectivity index (χ4n) is 2.24. The summed E-state index contributed by atoms with van der Waals surface area (Å²) in [5, 5.41) is 3.27. The maximum absolute atomic E-state index is 12.2. The standard InChI is InChI=1S/C13H20N2O3S/c1-18-12-6-2-3-7-13(12)19(16,17)15-10-11-5-4-8-14-9-11/h2-3,6-7,11,14-15H,4-5,8-10H2,1H3. The largest absolute Gasteiger partial charge is 0.495 e. The van der Waals surface area contributed by atoms with Crippen LogP contribution in [-0.2, 0) is 10.0 Å². The van der Waals surface area contributed by atoms with Crippen LogP contribution in [0.3, 0.4) is 0 Å². The third-order valence-corrected chi connectivity index (χ3v) is 4.78. The first-order valence-corrected chi connectivity index (χ1v) is 7.95. The molecule has 0 spiro atoms. The third kappa shape index (κ3) is 3.68. The summed E-state index contributed by atoms with van der Waals surface area (Å²) in [7, 11) is -2.03. The summed E-state index contributed by atoms with van der Waals surface area (Å²) >= 11 is 0. The molecule has 0 saturated carbocycles. The van der Waals surface area contributed by atoms with Crippen LogP contribution in [0.4, 0.5) is 0 Å². The van der Waals surface area contributed by atoms with Gasteiger partial charge in [-0.25, -0.2) is 13.1 Å². The van der Waals surface area contributed by atoms with Crippen molar-refractivity contribution in [3.05, 3.63) is 24.3 Å². The van der Waals surface area contributed by atoms with Crippen molar-refractivity contribution in [3.8, 4) is 5.75 Å². The second-order valence-electron chi connectivity index (χ2n) is 4.72. The zero-order chi connectivity index (χ0) is 13.7. The minimum absolute atomic E-state index is 0.196. The topological polar surface area (TPSA) is 67.4 Å². The van der Waals surface area contributed by atoms with Gasteiger partial charge in [0.15, 0.2) is 0 Å². The highest BCUT2D eigenvalue weighted by atomic mass is 32.2. The predicted octanol–water partition coefficient (Wildman–Crippen LogP) is 0.973. The van der Waals surface area contributed by atoms with Crippen molar-refractivity contribution in [2.24, 2.45) is 5.92 Å². The highest BCUT2D eigenvalue weighted by molar-refractivity contribution is 7.89. The number of hydrogen-bond acceptors (Lipinski definition) is 4. The van der Waals surface area contributed by atoms with E-state index in [4.69, 9.17) is 4.74 Å². The van der Waals surface area contributed by atoms with Crippen molar-refractivity contribution in [2.45, 2.75) is 17.7 Å². The number of rotatable bonds is 5. The minimum Gasteiger partial charge on any atom is -0.495 e. The summed E-state index contributed by atoms with van der Waals surface area (Å²) in [4.78, 5) is 0.196. The third-order valence-electron chi connectivity index (χ3n) is 3.32. The molecule has 1 saturated heterocycles. The van der Waals surface area contributed by atoms with Crippen molar-refractivity contribution < 1.29 is 13.2 Å². The molecule has 0 aromatic heterocycles. The Labute approximate surface area is 114 Å². The number of hydrogen-bond donors (Lipinski definition) is 2. The highest BCUT2D eigenvalue weighted by Gasteiger charge is 2.21. The Kier molecular flexibility index (Phi) is 4.79. The first-order valence-electron chi connectivity index (χ1n) is 6.47. The molecule has 1 fully saturated rings. The van der Waals surface area contributed by atoms with E-state index in [9.17, 15) is 8.42 Å². The van der Waals surface area contributed by atoms with Gasteiger partial charge in [0.1, 0.15) is 10.6 Å². The number of para-hydroxylation sites is 1. The van der Waals surface area contributed by atoms with E-state index in [-0.39, 0.29) is 4.90 Å². The molecule has 1 atom stereocenters. The van der Waals surface area contributed by atoms with Crippen LogP contribution in [-0.4, -0.2) is 35.2 Å². The van der Waals surface area contributed by atoms with Crippen LogP contribution in [0.25, 0.3) is 0 Å². The van der Waals surface area contributed by atoms with Gasteiger partial charge in [-0.2, -0.15) is 0 Å². The molecule has 0 amide bonds. The lowest BCUT2D eigenvalue weighted by Gasteiger charge is -2.23. The molecule has 1 aromatic rings. The van der Waals surface area contributed by atoms with Crippen LogP contribution >= 0.6 is 0 Å². The van der Waals surface area contributed by atoms with Gasteiger partial charge in [-0.05, 0) is 44.0 Å². The Balaban J connectivity index is 2.05. The zero-order valence-corrected chi connectivity index (χ0v) is 11.9. The van der Waals surface area contributed by atoms with E-state index in [1.165, 1.54) is 7.11 Å². The van der Waals surface area contributed by atoms with Gasteiger partial charge in [-0.1, -0.05) is 12.1 Å². The van der Waals surface area contributed by atoms with Crippen LogP contribution in [0.2, 0.25) is 0 Å². The lowest BCUT2D eigenvalue weighted by molar-refractivity contribution is 0.374. The molecule has 6 heteroatoms. The average Bonchev–Trinajstić information content (AvgIpc) is 2.46. The zero-order valence-electron chi connectivity index (χ0n) is 11.1. The number of methoxy groups -OCH3 is 1. The lowest BCUT2D eigenvalue weighted by atomic mass is 10.0. The first kappa shape index (κ1) is 14.3. The monoisotopic (exact) mass is 284 g/mol. The molecule has 106 valence electrons. The van der Waals surface area contributed by atoms with Crippen LogP contribution in [0, 0.1) is 5.92 Å². The Morgan fingerprint density at radius 3 is 2.89 bits per heavy atom. The SMILES string of the molecule is COc1ccccc1S(=O)(=O)NCC1CCCNC1.